The molecule has 0 radical (unpaired) electrons. The first-order chi connectivity index (χ1) is 11.6. The van der Waals surface area contributed by atoms with Gasteiger partial charge in [0, 0.05) is 24.6 Å². The van der Waals surface area contributed by atoms with Crippen LogP contribution in [-0.4, -0.2) is 40.0 Å². The maximum Gasteiger partial charge on any atom is 0.238 e. The Bertz CT molecular complexity index is 652. The monoisotopic (exact) mass is 326 g/mol. The number of piperidine rings is 1. The van der Waals surface area contributed by atoms with Crippen LogP contribution in [0.1, 0.15) is 24.0 Å². The Morgan fingerprint density at radius 1 is 1.21 bits per heavy atom. The summed E-state index contributed by atoms with van der Waals surface area (Å²) in [5.41, 5.74) is 3.24. The van der Waals surface area contributed by atoms with Gasteiger partial charge in [0.05, 0.1) is 12.9 Å². The summed E-state index contributed by atoms with van der Waals surface area (Å²) >= 11 is 0. The first-order valence-corrected chi connectivity index (χ1v) is 8.65. The first kappa shape index (κ1) is 16.7. The maximum absolute atomic E-state index is 12.3. The van der Waals surface area contributed by atoms with Gasteiger partial charge in [0.2, 0.25) is 5.91 Å². The topological polar surface area (TPSA) is 50.2 Å². The van der Waals surface area contributed by atoms with Gasteiger partial charge in [0.1, 0.15) is 0 Å². The van der Waals surface area contributed by atoms with Crippen molar-refractivity contribution in [3.05, 3.63) is 48.0 Å². The van der Waals surface area contributed by atoms with Crippen LogP contribution in [0.25, 0.3) is 0 Å². The van der Waals surface area contributed by atoms with Crippen LogP contribution in [0.5, 0.6) is 0 Å². The minimum atomic E-state index is 0.0769. The molecule has 0 unspecified atom stereocenters. The molecule has 3 rings (SSSR count). The van der Waals surface area contributed by atoms with Crippen LogP contribution in [0.3, 0.4) is 0 Å². The zero-order valence-corrected chi connectivity index (χ0v) is 14.5. The average molecular weight is 326 g/mol. The lowest BCUT2D eigenvalue weighted by atomic mass is 9.97. The molecular formula is C19H26N4O. The molecule has 2 heterocycles. The molecule has 5 heteroatoms. The molecule has 1 aliphatic rings. The Balaban J connectivity index is 1.44. The largest absolute Gasteiger partial charge is 0.337 e. The molecule has 1 fully saturated rings. The van der Waals surface area contributed by atoms with Gasteiger partial charge in [-0.1, -0.05) is 6.07 Å². The number of anilines is 1. The van der Waals surface area contributed by atoms with Gasteiger partial charge in [0.25, 0.3) is 0 Å². The number of hydrogen-bond acceptors (Lipinski definition) is 3. The predicted molar refractivity (Wildman–Crippen MR) is 95.9 cm³/mol. The Kier molecular flexibility index (Phi) is 5.30. The van der Waals surface area contributed by atoms with Gasteiger partial charge in [-0.15, -0.1) is 0 Å². The third-order valence-corrected chi connectivity index (χ3v) is 4.61. The maximum atomic E-state index is 12.3. The summed E-state index contributed by atoms with van der Waals surface area (Å²) in [5, 5.41) is 3.03. The first-order valence-electron chi connectivity index (χ1n) is 8.65. The average Bonchev–Trinajstić information content (AvgIpc) is 3.01. The lowest BCUT2D eigenvalue weighted by Crippen LogP contribution is -2.39. The minimum Gasteiger partial charge on any atom is -0.337 e. The second-order valence-electron chi connectivity index (χ2n) is 6.90. The van der Waals surface area contributed by atoms with Crippen molar-refractivity contribution in [1.82, 2.24) is 14.5 Å². The normalized spacial score (nSPS) is 16.2. The molecular weight excluding hydrogens is 300 g/mol. The second kappa shape index (κ2) is 7.62. The molecule has 24 heavy (non-hydrogen) atoms. The molecule has 0 aliphatic carbocycles. The van der Waals surface area contributed by atoms with Crippen LogP contribution in [0.2, 0.25) is 0 Å². The van der Waals surface area contributed by atoms with E-state index < -0.39 is 0 Å². The lowest BCUT2D eigenvalue weighted by Gasteiger charge is -2.31. The lowest BCUT2D eigenvalue weighted by molar-refractivity contribution is -0.117. The molecule has 1 amide bonds. The van der Waals surface area contributed by atoms with Crippen LogP contribution in [0.15, 0.2) is 36.9 Å². The molecule has 1 aromatic heterocycles. The van der Waals surface area contributed by atoms with Gasteiger partial charge < -0.3 is 9.88 Å². The number of aromatic nitrogens is 2. The van der Waals surface area contributed by atoms with Crippen molar-refractivity contribution in [3.63, 3.8) is 0 Å². The summed E-state index contributed by atoms with van der Waals surface area (Å²) in [6.07, 6.45) is 7.99. The molecule has 0 spiro atoms. The highest BCUT2D eigenvalue weighted by molar-refractivity contribution is 5.92. The molecule has 1 saturated heterocycles. The summed E-state index contributed by atoms with van der Waals surface area (Å²) in [7, 11) is 0. The number of nitrogens with one attached hydrogen (secondary N) is 1. The van der Waals surface area contributed by atoms with Crippen LogP contribution >= 0.6 is 0 Å². The van der Waals surface area contributed by atoms with Crippen molar-refractivity contribution < 1.29 is 4.79 Å². The minimum absolute atomic E-state index is 0.0769. The van der Waals surface area contributed by atoms with Crippen LogP contribution in [-0.2, 0) is 11.3 Å². The molecule has 1 N–H and O–H groups in total. The van der Waals surface area contributed by atoms with E-state index >= 15 is 0 Å². The number of rotatable bonds is 5. The zero-order valence-electron chi connectivity index (χ0n) is 14.5. The highest BCUT2D eigenvalue weighted by Crippen LogP contribution is 2.19. The van der Waals surface area contributed by atoms with E-state index in [1.165, 1.54) is 11.1 Å². The van der Waals surface area contributed by atoms with Crippen molar-refractivity contribution in [2.45, 2.75) is 33.2 Å². The Morgan fingerprint density at radius 3 is 2.54 bits per heavy atom. The van der Waals surface area contributed by atoms with E-state index in [1.807, 2.05) is 44.7 Å². The Labute approximate surface area is 143 Å². The summed E-state index contributed by atoms with van der Waals surface area (Å²) in [6, 6.07) is 6.14. The summed E-state index contributed by atoms with van der Waals surface area (Å²) in [4.78, 5) is 18.6. The molecule has 5 nitrogen and oxygen atoms in total. The molecule has 0 saturated carbocycles. The molecule has 0 atom stereocenters. The number of benzene rings is 1. The van der Waals surface area contributed by atoms with Crippen LogP contribution < -0.4 is 5.32 Å². The third kappa shape index (κ3) is 4.68. The van der Waals surface area contributed by atoms with Gasteiger partial charge in [0.15, 0.2) is 0 Å². The highest BCUT2D eigenvalue weighted by Gasteiger charge is 2.21. The van der Waals surface area contributed by atoms with E-state index in [0.29, 0.717) is 12.5 Å². The van der Waals surface area contributed by atoms with E-state index in [4.69, 9.17) is 0 Å². The number of aryl methyl sites for hydroxylation is 2. The molecule has 128 valence electrons. The van der Waals surface area contributed by atoms with Gasteiger partial charge in [-0.25, -0.2) is 4.98 Å². The van der Waals surface area contributed by atoms with Crippen LogP contribution in [0, 0.1) is 19.8 Å². The predicted octanol–water partition coefficient (Wildman–Crippen LogP) is 2.85. The van der Waals surface area contributed by atoms with Gasteiger partial charge in [-0.2, -0.15) is 0 Å². The molecule has 1 aliphatic heterocycles. The molecule has 1 aromatic carbocycles. The fourth-order valence-corrected chi connectivity index (χ4v) is 3.47. The van der Waals surface area contributed by atoms with Crippen molar-refractivity contribution in [2.24, 2.45) is 5.92 Å². The van der Waals surface area contributed by atoms with E-state index in [0.717, 1.165) is 38.2 Å². The third-order valence-electron chi connectivity index (χ3n) is 4.61. The van der Waals surface area contributed by atoms with Crippen molar-refractivity contribution >= 4 is 11.6 Å². The number of imidazole rings is 1. The Morgan fingerprint density at radius 2 is 1.92 bits per heavy atom. The zero-order chi connectivity index (χ0) is 16.9. The number of nitrogens with zero attached hydrogens (tertiary/aromatic N) is 3. The fourth-order valence-electron chi connectivity index (χ4n) is 3.47. The summed E-state index contributed by atoms with van der Waals surface area (Å²) in [5.74, 6) is 0.756. The SMILES string of the molecule is Cc1cc(C)cc(NC(=O)CN2CCC(Cn3ccnc3)CC2)c1. The van der Waals surface area contributed by atoms with Gasteiger partial charge in [-0.3, -0.25) is 9.69 Å². The smallest absolute Gasteiger partial charge is 0.238 e. The summed E-state index contributed by atoms with van der Waals surface area (Å²) < 4.78 is 2.15. The second-order valence-corrected chi connectivity index (χ2v) is 6.90. The number of carbonyl (C=O) groups excluding carboxylic acids is 1. The van der Waals surface area contributed by atoms with E-state index in [1.54, 1.807) is 0 Å². The standard InChI is InChI=1S/C19H26N4O/c1-15-9-16(2)11-18(10-15)21-19(24)13-22-6-3-17(4-7-22)12-23-8-5-20-14-23/h5,8-11,14,17H,3-4,6-7,12-13H2,1-2H3,(H,21,24). The van der Waals surface area contributed by atoms with Crippen molar-refractivity contribution in [1.29, 1.82) is 0 Å². The number of amides is 1. The van der Waals surface area contributed by atoms with E-state index in [-0.39, 0.29) is 5.91 Å². The molecule has 0 bridgehead atoms. The van der Waals surface area contributed by atoms with Gasteiger partial charge >= 0.3 is 0 Å². The van der Waals surface area contributed by atoms with Crippen LogP contribution in [0.4, 0.5) is 5.69 Å². The molecule has 2 aromatic rings. The van der Waals surface area contributed by atoms with Crippen molar-refractivity contribution in [2.75, 3.05) is 25.0 Å². The van der Waals surface area contributed by atoms with E-state index in [9.17, 15) is 4.79 Å². The van der Waals surface area contributed by atoms with Crippen molar-refractivity contribution in [3.8, 4) is 0 Å². The highest BCUT2D eigenvalue weighted by atomic mass is 16.2. The number of carbonyl (C=O) groups is 1. The fraction of sp³-hybridized carbons (Fsp3) is 0.474. The van der Waals surface area contributed by atoms with E-state index in [2.05, 4.69) is 25.8 Å². The number of likely N-dealkylation sites (tertiary alicyclic amines) is 1. The quantitative estimate of drug-likeness (QED) is 0.919. The van der Waals surface area contributed by atoms with Gasteiger partial charge in [-0.05, 0) is 69.0 Å². The Hall–Kier alpha value is -2.14. The summed E-state index contributed by atoms with van der Waals surface area (Å²) in [6.45, 7) is 7.58. The number of hydrogen-bond donors (Lipinski definition) is 1.